The summed E-state index contributed by atoms with van der Waals surface area (Å²) in [6, 6.07) is 3.31. The average molecular weight is 279 g/mol. The molecule has 3 nitrogen and oxygen atoms in total. The maximum Gasteiger partial charge on any atom is 0.0630 e. The van der Waals surface area contributed by atoms with Gasteiger partial charge in [0, 0.05) is 12.2 Å². The summed E-state index contributed by atoms with van der Waals surface area (Å²) >= 11 is 0. The molecule has 0 aliphatic carbocycles. The third-order valence-electron chi connectivity index (χ3n) is 4.05. The zero-order valence-corrected chi connectivity index (χ0v) is 14.2. The van der Waals surface area contributed by atoms with Crippen molar-refractivity contribution in [2.75, 3.05) is 6.54 Å². The molecule has 0 aliphatic heterocycles. The van der Waals surface area contributed by atoms with Crippen LogP contribution in [-0.2, 0) is 6.42 Å². The maximum absolute atomic E-state index is 4.79. The number of hydrogen-bond donors (Lipinski definition) is 1. The second kappa shape index (κ2) is 7.82. The lowest BCUT2D eigenvalue weighted by Gasteiger charge is -2.27. The summed E-state index contributed by atoms with van der Waals surface area (Å²) in [6.07, 6.45) is 6.68. The number of nitrogens with one attached hydrogen (secondary N) is 1. The Morgan fingerprint density at radius 1 is 1.25 bits per heavy atom. The fourth-order valence-electron chi connectivity index (χ4n) is 3.15. The van der Waals surface area contributed by atoms with E-state index in [1.807, 2.05) is 0 Å². The van der Waals surface area contributed by atoms with E-state index in [4.69, 9.17) is 5.10 Å². The van der Waals surface area contributed by atoms with Gasteiger partial charge in [-0.2, -0.15) is 5.10 Å². The summed E-state index contributed by atoms with van der Waals surface area (Å²) in [5, 5.41) is 8.29. The molecule has 1 atom stereocenters. The van der Waals surface area contributed by atoms with Gasteiger partial charge in [-0.05, 0) is 50.6 Å². The van der Waals surface area contributed by atoms with Crippen molar-refractivity contribution in [3.8, 4) is 0 Å². The monoisotopic (exact) mass is 279 g/mol. The number of nitrogens with zero attached hydrogens (tertiary/aromatic N) is 2. The highest BCUT2D eigenvalue weighted by Gasteiger charge is 2.23. The van der Waals surface area contributed by atoms with Crippen LogP contribution >= 0.6 is 0 Å². The molecule has 0 aliphatic rings. The van der Waals surface area contributed by atoms with Crippen molar-refractivity contribution in [2.24, 2.45) is 5.41 Å². The van der Waals surface area contributed by atoms with E-state index in [1.54, 1.807) is 0 Å². The first kappa shape index (κ1) is 17.2. The summed E-state index contributed by atoms with van der Waals surface area (Å²) in [5.74, 6) is 0. The fourth-order valence-corrected chi connectivity index (χ4v) is 3.15. The highest BCUT2D eigenvalue weighted by Crippen LogP contribution is 2.27. The standard InChI is InChI=1S/C17H33N3/c1-7-16(8-2)20-11-10-15(19-20)13-17(5,6)12-14(4)18-9-3/h10-11,14,16,18H,7-9,12-13H2,1-6H3. The summed E-state index contributed by atoms with van der Waals surface area (Å²) in [6.45, 7) is 14.6. The first-order valence-corrected chi connectivity index (χ1v) is 8.19. The van der Waals surface area contributed by atoms with Gasteiger partial charge in [-0.1, -0.05) is 34.6 Å². The van der Waals surface area contributed by atoms with Gasteiger partial charge >= 0.3 is 0 Å². The molecule has 1 N–H and O–H groups in total. The van der Waals surface area contributed by atoms with Gasteiger partial charge < -0.3 is 5.32 Å². The molecule has 1 aromatic heterocycles. The van der Waals surface area contributed by atoms with Crippen LogP contribution in [0, 0.1) is 5.41 Å². The van der Waals surface area contributed by atoms with Gasteiger partial charge in [0.05, 0.1) is 11.7 Å². The Kier molecular flexibility index (Phi) is 6.74. The third kappa shape index (κ3) is 5.28. The van der Waals surface area contributed by atoms with Gasteiger partial charge in [-0.25, -0.2) is 0 Å². The molecule has 20 heavy (non-hydrogen) atoms. The lowest BCUT2D eigenvalue weighted by atomic mass is 9.82. The van der Waals surface area contributed by atoms with E-state index in [-0.39, 0.29) is 5.41 Å². The van der Waals surface area contributed by atoms with E-state index < -0.39 is 0 Å². The van der Waals surface area contributed by atoms with Gasteiger partial charge in [0.1, 0.15) is 0 Å². The minimum Gasteiger partial charge on any atom is -0.315 e. The minimum atomic E-state index is 0.286. The molecule has 0 radical (unpaired) electrons. The number of hydrogen-bond acceptors (Lipinski definition) is 2. The molecule has 1 heterocycles. The van der Waals surface area contributed by atoms with Crippen molar-refractivity contribution in [1.29, 1.82) is 0 Å². The first-order chi connectivity index (χ1) is 9.41. The van der Waals surface area contributed by atoms with Crippen molar-refractivity contribution in [2.45, 2.75) is 79.3 Å². The molecule has 1 aromatic rings. The Morgan fingerprint density at radius 3 is 2.45 bits per heavy atom. The zero-order valence-electron chi connectivity index (χ0n) is 14.2. The highest BCUT2D eigenvalue weighted by molar-refractivity contribution is 5.03. The van der Waals surface area contributed by atoms with Gasteiger partial charge in [0.25, 0.3) is 0 Å². The van der Waals surface area contributed by atoms with Crippen LogP contribution in [0.2, 0.25) is 0 Å². The lowest BCUT2D eigenvalue weighted by molar-refractivity contribution is 0.284. The van der Waals surface area contributed by atoms with Crippen molar-refractivity contribution >= 4 is 0 Å². The predicted molar refractivity (Wildman–Crippen MR) is 87.1 cm³/mol. The maximum atomic E-state index is 4.79. The molecule has 0 saturated heterocycles. The van der Waals surface area contributed by atoms with E-state index >= 15 is 0 Å². The van der Waals surface area contributed by atoms with E-state index in [1.165, 1.54) is 12.1 Å². The van der Waals surface area contributed by atoms with Crippen LogP contribution in [0.3, 0.4) is 0 Å². The Morgan fingerprint density at radius 2 is 1.90 bits per heavy atom. The second-order valence-electron chi connectivity index (χ2n) is 6.76. The molecule has 116 valence electrons. The van der Waals surface area contributed by atoms with Crippen molar-refractivity contribution in [3.05, 3.63) is 18.0 Å². The molecule has 0 aromatic carbocycles. The molecule has 0 saturated carbocycles. The molecular weight excluding hydrogens is 246 g/mol. The van der Waals surface area contributed by atoms with E-state index in [0.29, 0.717) is 12.1 Å². The van der Waals surface area contributed by atoms with Crippen LogP contribution in [0.25, 0.3) is 0 Å². The van der Waals surface area contributed by atoms with Gasteiger partial charge in [0.2, 0.25) is 0 Å². The molecule has 0 spiro atoms. The number of aromatic nitrogens is 2. The quantitative estimate of drug-likeness (QED) is 0.734. The van der Waals surface area contributed by atoms with Crippen LogP contribution < -0.4 is 5.32 Å². The third-order valence-corrected chi connectivity index (χ3v) is 4.05. The summed E-state index contributed by atoms with van der Waals surface area (Å²) in [5.41, 5.74) is 1.51. The van der Waals surface area contributed by atoms with E-state index in [2.05, 4.69) is 63.8 Å². The summed E-state index contributed by atoms with van der Waals surface area (Å²) < 4.78 is 2.15. The zero-order chi connectivity index (χ0) is 15.2. The van der Waals surface area contributed by atoms with Crippen molar-refractivity contribution < 1.29 is 0 Å². The normalized spacial score (nSPS) is 13.9. The van der Waals surface area contributed by atoms with Crippen LogP contribution in [0.5, 0.6) is 0 Å². The average Bonchev–Trinajstić information content (AvgIpc) is 2.77. The lowest BCUT2D eigenvalue weighted by Crippen LogP contribution is -2.32. The van der Waals surface area contributed by atoms with Crippen molar-refractivity contribution in [3.63, 3.8) is 0 Å². The Bertz CT molecular complexity index is 377. The second-order valence-corrected chi connectivity index (χ2v) is 6.76. The molecule has 1 unspecified atom stereocenters. The van der Waals surface area contributed by atoms with E-state index in [9.17, 15) is 0 Å². The van der Waals surface area contributed by atoms with Gasteiger partial charge in [-0.3, -0.25) is 4.68 Å². The summed E-state index contributed by atoms with van der Waals surface area (Å²) in [4.78, 5) is 0. The smallest absolute Gasteiger partial charge is 0.0630 e. The van der Waals surface area contributed by atoms with Crippen LogP contribution in [0.4, 0.5) is 0 Å². The van der Waals surface area contributed by atoms with Gasteiger partial charge in [0.15, 0.2) is 0 Å². The van der Waals surface area contributed by atoms with Crippen LogP contribution in [0.15, 0.2) is 12.3 Å². The Labute approximate surface area is 125 Å². The Hall–Kier alpha value is -0.830. The van der Waals surface area contributed by atoms with Crippen LogP contribution in [0.1, 0.15) is 72.5 Å². The molecule has 0 amide bonds. The van der Waals surface area contributed by atoms with Crippen molar-refractivity contribution in [1.82, 2.24) is 15.1 Å². The SMILES string of the molecule is CCNC(C)CC(C)(C)Cc1ccn(C(CC)CC)n1. The predicted octanol–water partition coefficient (Wildman–Crippen LogP) is 4.20. The van der Waals surface area contributed by atoms with Crippen LogP contribution in [-0.4, -0.2) is 22.4 Å². The fraction of sp³-hybridized carbons (Fsp3) is 0.824. The van der Waals surface area contributed by atoms with Gasteiger partial charge in [-0.15, -0.1) is 0 Å². The molecule has 1 rings (SSSR count). The summed E-state index contributed by atoms with van der Waals surface area (Å²) in [7, 11) is 0. The molecule has 0 bridgehead atoms. The number of rotatable bonds is 9. The minimum absolute atomic E-state index is 0.286. The Balaban J connectivity index is 2.63. The highest BCUT2D eigenvalue weighted by atomic mass is 15.3. The topological polar surface area (TPSA) is 29.9 Å². The van der Waals surface area contributed by atoms with E-state index in [0.717, 1.165) is 25.8 Å². The molecule has 3 heteroatoms. The first-order valence-electron chi connectivity index (χ1n) is 8.19. The molecule has 0 fully saturated rings. The molecular formula is C17H33N3. The largest absolute Gasteiger partial charge is 0.315 e.